The molecule has 5 heteroatoms. The average Bonchev–Trinajstić information content (AvgIpc) is 2.88. The Morgan fingerprint density at radius 2 is 2.27 bits per heavy atom. The van der Waals surface area contributed by atoms with Crippen molar-refractivity contribution in [3.05, 3.63) is 35.4 Å². The minimum absolute atomic E-state index is 0.145. The number of carbonyl (C=O) groups excluding carboxylic acids is 2. The number of benzene rings is 1. The van der Waals surface area contributed by atoms with Gasteiger partial charge >= 0.3 is 5.97 Å². The zero-order chi connectivity index (χ0) is 15.7. The van der Waals surface area contributed by atoms with Crippen LogP contribution in [0.5, 0.6) is 11.5 Å². The number of aldehydes is 1. The molecule has 0 radical (unpaired) electrons. The van der Waals surface area contributed by atoms with Gasteiger partial charge in [-0.1, -0.05) is 12.2 Å². The highest BCUT2D eigenvalue weighted by Crippen LogP contribution is 2.54. The molecule has 116 valence electrons. The summed E-state index contributed by atoms with van der Waals surface area (Å²) in [4.78, 5) is 23.5. The van der Waals surface area contributed by atoms with Gasteiger partial charge in [0.2, 0.25) is 0 Å². The first-order valence-electron chi connectivity index (χ1n) is 7.24. The number of allylic oxidation sites excluding steroid dienone is 1. The molecular formula is C17H18O5. The summed E-state index contributed by atoms with van der Waals surface area (Å²) < 4.78 is 16.3. The maximum atomic E-state index is 12.0. The van der Waals surface area contributed by atoms with Gasteiger partial charge in [-0.15, -0.1) is 0 Å². The molecule has 1 aromatic rings. The van der Waals surface area contributed by atoms with E-state index in [1.807, 2.05) is 12.2 Å². The summed E-state index contributed by atoms with van der Waals surface area (Å²) in [6, 6.07) is 3.42. The van der Waals surface area contributed by atoms with Gasteiger partial charge in [-0.3, -0.25) is 9.59 Å². The average molecular weight is 302 g/mol. The first-order chi connectivity index (χ1) is 10.7. The van der Waals surface area contributed by atoms with Crippen molar-refractivity contribution in [2.24, 2.45) is 0 Å². The number of hydrogen-bond acceptors (Lipinski definition) is 5. The van der Waals surface area contributed by atoms with Crippen molar-refractivity contribution in [2.75, 3.05) is 14.2 Å². The topological polar surface area (TPSA) is 61.8 Å². The number of fused-ring (bicyclic) bond motifs is 3. The number of rotatable bonds is 4. The second-order valence-corrected chi connectivity index (χ2v) is 5.56. The van der Waals surface area contributed by atoms with E-state index in [-0.39, 0.29) is 18.5 Å². The zero-order valence-corrected chi connectivity index (χ0v) is 12.6. The van der Waals surface area contributed by atoms with Gasteiger partial charge < -0.3 is 14.2 Å². The van der Waals surface area contributed by atoms with Gasteiger partial charge in [-0.2, -0.15) is 0 Å². The van der Waals surface area contributed by atoms with Gasteiger partial charge in [0.05, 0.1) is 26.1 Å². The lowest BCUT2D eigenvalue weighted by atomic mass is 9.69. The molecule has 1 aromatic carbocycles. The Morgan fingerprint density at radius 3 is 2.95 bits per heavy atom. The van der Waals surface area contributed by atoms with E-state index in [1.54, 1.807) is 19.2 Å². The van der Waals surface area contributed by atoms with Crippen LogP contribution in [0.4, 0.5) is 0 Å². The molecule has 1 aliphatic carbocycles. The summed E-state index contributed by atoms with van der Waals surface area (Å²) in [5.41, 5.74) is 0.591. The van der Waals surface area contributed by atoms with Crippen LogP contribution in [-0.4, -0.2) is 32.6 Å². The van der Waals surface area contributed by atoms with Crippen molar-refractivity contribution in [1.82, 2.24) is 0 Å². The molecule has 3 rings (SSSR count). The molecule has 1 heterocycles. The molecule has 0 amide bonds. The Balaban J connectivity index is 2.22. The second-order valence-electron chi connectivity index (χ2n) is 5.56. The lowest BCUT2D eigenvalue weighted by Crippen LogP contribution is -2.40. The molecule has 0 bridgehead atoms. The Hall–Kier alpha value is -2.30. The number of esters is 1. The summed E-state index contributed by atoms with van der Waals surface area (Å²) in [6.07, 6.45) is 6.42. The predicted molar refractivity (Wildman–Crippen MR) is 79.5 cm³/mol. The first-order valence-corrected chi connectivity index (χ1v) is 7.24. The minimum Gasteiger partial charge on any atom is -0.493 e. The van der Waals surface area contributed by atoms with Gasteiger partial charge in [0.1, 0.15) is 6.10 Å². The van der Waals surface area contributed by atoms with Crippen LogP contribution in [0.3, 0.4) is 0 Å². The van der Waals surface area contributed by atoms with Crippen molar-refractivity contribution < 1.29 is 23.8 Å². The van der Waals surface area contributed by atoms with Crippen molar-refractivity contribution in [3.63, 3.8) is 0 Å². The van der Waals surface area contributed by atoms with E-state index in [0.717, 1.165) is 24.7 Å². The second kappa shape index (κ2) is 5.48. The molecule has 2 atom stereocenters. The van der Waals surface area contributed by atoms with Gasteiger partial charge in [-0.05, 0) is 25.0 Å². The molecular weight excluding hydrogens is 284 g/mol. The van der Waals surface area contributed by atoms with Crippen molar-refractivity contribution in [2.45, 2.75) is 30.8 Å². The summed E-state index contributed by atoms with van der Waals surface area (Å²) in [6.45, 7) is 0. The Morgan fingerprint density at radius 1 is 1.45 bits per heavy atom. The summed E-state index contributed by atoms with van der Waals surface area (Å²) in [5, 5.41) is 0. The first kappa shape index (κ1) is 14.6. The van der Waals surface area contributed by atoms with Crippen LogP contribution < -0.4 is 9.47 Å². The standard InChI is InChI=1S/C17H18O5/c1-20-12-7-6-11(10-18)15-16(12)22-13-5-3-4-8-17(13,15)9-14(19)21-2/h4,6-8,10,13H,3,5,9H2,1-2H3/t13-,17-/m1/s1. The van der Waals surface area contributed by atoms with Crippen LogP contribution in [-0.2, 0) is 14.9 Å². The maximum absolute atomic E-state index is 12.0. The zero-order valence-electron chi connectivity index (χ0n) is 12.6. The van der Waals surface area contributed by atoms with Gasteiger partial charge in [0, 0.05) is 11.1 Å². The molecule has 0 N–H and O–H groups in total. The van der Waals surface area contributed by atoms with E-state index in [9.17, 15) is 9.59 Å². The fraction of sp³-hybridized carbons (Fsp3) is 0.412. The molecule has 0 aromatic heterocycles. The van der Waals surface area contributed by atoms with Crippen molar-refractivity contribution in [3.8, 4) is 11.5 Å². The smallest absolute Gasteiger partial charge is 0.306 e. The van der Waals surface area contributed by atoms with Crippen LogP contribution in [0.1, 0.15) is 35.2 Å². The fourth-order valence-corrected chi connectivity index (χ4v) is 3.46. The quantitative estimate of drug-likeness (QED) is 0.485. The lowest BCUT2D eigenvalue weighted by Gasteiger charge is -2.33. The van der Waals surface area contributed by atoms with Crippen LogP contribution in [0.2, 0.25) is 0 Å². The van der Waals surface area contributed by atoms with E-state index >= 15 is 0 Å². The van der Waals surface area contributed by atoms with E-state index < -0.39 is 5.41 Å². The summed E-state index contributed by atoms with van der Waals surface area (Å²) >= 11 is 0. The van der Waals surface area contributed by atoms with Gasteiger partial charge in [0.25, 0.3) is 0 Å². The number of methoxy groups -OCH3 is 2. The van der Waals surface area contributed by atoms with E-state index in [1.165, 1.54) is 7.11 Å². The SMILES string of the molecule is COC(=O)C[C@]12C=CCC[C@H]1Oc1c(OC)ccc(C=O)c12. The van der Waals surface area contributed by atoms with Gasteiger partial charge in [0.15, 0.2) is 17.8 Å². The lowest BCUT2D eigenvalue weighted by molar-refractivity contribution is -0.142. The molecule has 2 aliphatic rings. The van der Waals surface area contributed by atoms with Crippen LogP contribution in [0.25, 0.3) is 0 Å². The third-order valence-electron chi connectivity index (χ3n) is 4.48. The normalized spacial score (nSPS) is 24.9. The predicted octanol–water partition coefficient (Wildman–Crippen LogP) is 2.42. The molecule has 0 saturated heterocycles. The number of ether oxygens (including phenoxy) is 3. The molecule has 0 fully saturated rings. The van der Waals surface area contributed by atoms with Crippen LogP contribution >= 0.6 is 0 Å². The number of carbonyl (C=O) groups is 2. The maximum Gasteiger partial charge on any atom is 0.306 e. The summed E-state index contributed by atoms with van der Waals surface area (Å²) in [5.74, 6) is 0.813. The van der Waals surface area contributed by atoms with Crippen molar-refractivity contribution in [1.29, 1.82) is 0 Å². The highest BCUT2D eigenvalue weighted by molar-refractivity contribution is 5.84. The van der Waals surface area contributed by atoms with E-state index in [2.05, 4.69) is 0 Å². The highest BCUT2D eigenvalue weighted by Gasteiger charge is 2.52. The van der Waals surface area contributed by atoms with Crippen LogP contribution in [0.15, 0.2) is 24.3 Å². The Labute approximate surface area is 128 Å². The molecule has 0 spiro atoms. The fourth-order valence-electron chi connectivity index (χ4n) is 3.46. The molecule has 0 unspecified atom stereocenters. The molecule has 5 nitrogen and oxygen atoms in total. The molecule has 0 saturated carbocycles. The Kier molecular flexibility index (Phi) is 3.64. The number of hydrogen-bond donors (Lipinski definition) is 0. The monoisotopic (exact) mass is 302 g/mol. The third kappa shape index (κ3) is 2.00. The molecule has 1 aliphatic heterocycles. The third-order valence-corrected chi connectivity index (χ3v) is 4.48. The largest absolute Gasteiger partial charge is 0.493 e. The van der Waals surface area contributed by atoms with E-state index in [0.29, 0.717) is 17.1 Å². The van der Waals surface area contributed by atoms with E-state index in [4.69, 9.17) is 14.2 Å². The summed E-state index contributed by atoms with van der Waals surface area (Å²) in [7, 11) is 2.92. The van der Waals surface area contributed by atoms with Gasteiger partial charge in [-0.25, -0.2) is 0 Å². The Bertz CT molecular complexity index is 649. The van der Waals surface area contributed by atoms with Crippen LogP contribution in [0, 0.1) is 0 Å². The molecule has 22 heavy (non-hydrogen) atoms. The highest BCUT2D eigenvalue weighted by atomic mass is 16.5. The minimum atomic E-state index is -0.661. The van der Waals surface area contributed by atoms with Crippen molar-refractivity contribution >= 4 is 12.3 Å².